The van der Waals surface area contributed by atoms with Gasteiger partial charge in [0.15, 0.2) is 5.82 Å². The average Bonchev–Trinajstić information content (AvgIpc) is 3.37. The summed E-state index contributed by atoms with van der Waals surface area (Å²) in [6, 6.07) is 12.3. The molecule has 1 saturated heterocycles. The molecule has 38 heavy (non-hydrogen) atoms. The number of carbonyl (C=O) groups is 1. The summed E-state index contributed by atoms with van der Waals surface area (Å²) >= 11 is 0. The fourth-order valence-electron chi connectivity index (χ4n) is 4.24. The number of amides is 1. The molecule has 5 rings (SSSR count). The first-order chi connectivity index (χ1) is 18.4. The third-order valence-corrected chi connectivity index (χ3v) is 6.23. The number of aliphatic hydroxyl groups excluding tert-OH is 1. The van der Waals surface area contributed by atoms with Crippen LogP contribution in [0.15, 0.2) is 55.1 Å². The maximum absolute atomic E-state index is 13.5. The van der Waals surface area contributed by atoms with Crippen LogP contribution < -0.4 is 16.0 Å². The van der Waals surface area contributed by atoms with Gasteiger partial charge in [0.2, 0.25) is 5.95 Å². The number of likely N-dealkylation sites (tertiary alicyclic amines) is 1. The number of benzene rings is 2. The molecule has 12 heteroatoms. The van der Waals surface area contributed by atoms with Crippen molar-refractivity contribution in [3.05, 3.63) is 77.4 Å². The van der Waals surface area contributed by atoms with E-state index in [1.54, 1.807) is 48.1 Å². The van der Waals surface area contributed by atoms with E-state index in [1.165, 1.54) is 12.7 Å². The molecule has 1 amide bonds. The van der Waals surface area contributed by atoms with Gasteiger partial charge in [-0.05, 0) is 47.9 Å². The minimum absolute atomic E-state index is 0.327. The second-order valence-electron chi connectivity index (χ2n) is 9.14. The first kappa shape index (κ1) is 25.2. The van der Waals surface area contributed by atoms with Crippen molar-refractivity contribution in [2.75, 3.05) is 36.1 Å². The lowest BCUT2D eigenvalue weighted by Crippen LogP contribution is -2.49. The summed E-state index contributed by atoms with van der Waals surface area (Å²) in [4.78, 5) is 27.9. The van der Waals surface area contributed by atoms with Crippen LogP contribution in [0.5, 0.6) is 0 Å². The fourth-order valence-corrected chi connectivity index (χ4v) is 4.24. The lowest BCUT2D eigenvalue weighted by Gasteiger charge is -2.35. The standard InChI is InChI=1S/C26H28FN9O2/c1-16-3-4-20(8-22(16)34-26-31-15-32-36(26)24-9-23(28-2)29-14-30-24)33-25(38)19-6-17(10-27)5-18(7-19)11-35-12-21(37)13-35/h3-9,14-15,21,37H,10-13H2,1-2H3,(H,33,38)(H,28,29,30)(H,31,32,34). The number of nitrogens with zero attached hydrogens (tertiary/aromatic N) is 6. The SMILES string of the molecule is CNc1cc(-n2ncnc2Nc2cc(NC(=O)c3cc(CF)cc(CN4CC(O)C4)c3)ccc2C)ncn1. The number of anilines is 4. The van der Waals surface area contributed by atoms with E-state index in [4.69, 9.17) is 0 Å². The van der Waals surface area contributed by atoms with E-state index in [-0.39, 0.29) is 12.0 Å². The topological polar surface area (TPSA) is 133 Å². The number of hydrogen-bond acceptors (Lipinski definition) is 9. The molecule has 0 unspecified atom stereocenters. The van der Waals surface area contributed by atoms with Gasteiger partial charge in [-0.25, -0.2) is 14.4 Å². The Morgan fingerprint density at radius 2 is 1.89 bits per heavy atom. The molecule has 1 aliphatic heterocycles. The van der Waals surface area contributed by atoms with Gasteiger partial charge in [0.05, 0.1) is 6.10 Å². The van der Waals surface area contributed by atoms with E-state index in [2.05, 4.69) is 36.0 Å². The van der Waals surface area contributed by atoms with Gasteiger partial charge >= 0.3 is 0 Å². The van der Waals surface area contributed by atoms with Crippen LogP contribution in [0.1, 0.15) is 27.0 Å². The Kier molecular flexibility index (Phi) is 7.24. The minimum Gasteiger partial charge on any atom is -0.390 e. The molecule has 4 aromatic rings. The fraction of sp³-hybridized carbons (Fsp3) is 0.269. The van der Waals surface area contributed by atoms with Crippen LogP contribution in [-0.2, 0) is 13.2 Å². The molecule has 4 N–H and O–H groups in total. The van der Waals surface area contributed by atoms with Crippen LogP contribution >= 0.6 is 0 Å². The van der Waals surface area contributed by atoms with Crippen molar-refractivity contribution in [2.45, 2.75) is 26.2 Å². The van der Waals surface area contributed by atoms with Crippen LogP contribution in [0.3, 0.4) is 0 Å². The van der Waals surface area contributed by atoms with Gasteiger partial charge in [-0.1, -0.05) is 12.1 Å². The first-order valence-electron chi connectivity index (χ1n) is 12.1. The van der Waals surface area contributed by atoms with Crippen LogP contribution in [0.25, 0.3) is 5.82 Å². The molecule has 2 aromatic carbocycles. The van der Waals surface area contributed by atoms with Crippen LogP contribution in [-0.4, -0.2) is 66.9 Å². The second-order valence-corrected chi connectivity index (χ2v) is 9.14. The van der Waals surface area contributed by atoms with E-state index in [0.29, 0.717) is 54.0 Å². The number of aliphatic hydroxyl groups is 1. The van der Waals surface area contributed by atoms with Gasteiger partial charge < -0.3 is 21.1 Å². The predicted molar refractivity (Wildman–Crippen MR) is 141 cm³/mol. The maximum atomic E-state index is 13.5. The van der Waals surface area contributed by atoms with Crippen molar-refractivity contribution in [1.29, 1.82) is 0 Å². The zero-order chi connectivity index (χ0) is 26.6. The van der Waals surface area contributed by atoms with Crippen molar-refractivity contribution in [3.8, 4) is 5.82 Å². The molecule has 1 fully saturated rings. The number of nitrogens with one attached hydrogen (secondary N) is 3. The van der Waals surface area contributed by atoms with E-state index >= 15 is 0 Å². The molecule has 0 radical (unpaired) electrons. The predicted octanol–water partition coefficient (Wildman–Crippen LogP) is 3.05. The average molecular weight is 518 g/mol. The lowest BCUT2D eigenvalue weighted by atomic mass is 10.0. The molecule has 11 nitrogen and oxygen atoms in total. The van der Waals surface area contributed by atoms with Gasteiger partial charge in [-0.2, -0.15) is 14.8 Å². The Bertz CT molecular complexity index is 1450. The van der Waals surface area contributed by atoms with Crippen molar-refractivity contribution in [2.24, 2.45) is 0 Å². The summed E-state index contributed by atoms with van der Waals surface area (Å²) in [5.41, 5.74) is 3.84. The van der Waals surface area contributed by atoms with Crippen molar-refractivity contribution < 1.29 is 14.3 Å². The number of halogens is 1. The van der Waals surface area contributed by atoms with Gasteiger partial charge in [-0.3, -0.25) is 9.69 Å². The van der Waals surface area contributed by atoms with Gasteiger partial charge in [-0.15, -0.1) is 0 Å². The van der Waals surface area contributed by atoms with Crippen LogP contribution in [0.2, 0.25) is 0 Å². The Balaban J connectivity index is 1.34. The summed E-state index contributed by atoms with van der Waals surface area (Å²) < 4.78 is 15.1. The molecule has 0 aliphatic carbocycles. The molecule has 3 heterocycles. The highest BCUT2D eigenvalue weighted by molar-refractivity contribution is 6.04. The lowest BCUT2D eigenvalue weighted by molar-refractivity contribution is -0.00289. The number of β-amino-alcohol motifs (C(OH)–C–C–N with tert-alkyl or cyclic N) is 1. The summed E-state index contributed by atoms with van der Waals surface area (Å²) in [5, 5.41) is 22.9. The third-order valence-electron chi connectivity index (χ3n) is 6.23. The Morgan fingerprint density at radius 3 is 2.66 bits per heavy atom. The molecule has 196 valence electrons. The van der Waals surface area contributed by atoms with Gasteiger partial charge in [0.25, 0.3) is 5.91 Å². The third kappa shape index (κ3) is 5.61. The summed E-state index contributed by atoms with van der Waals surface area (Å²) in [6.45, 7) is 2.96. The summed E-state index contributed by atoms with van der Waals surface area (Å²) in [7, 11) is 1.77. The number of aryl methyl sites for hydroxylation is 1. The minimum atomic E-state index is -0.668. The molecule has 0 saturated carbocycles. The van der Waals surface area contributed by atoms with E-state index in [0.717, 1.165) is 16.8 Å². The van der Waals surface area contributed by atoms with E-state index < -0.39 is 6.67 Å². The summed E-state index contributed by atoms with van der Waals surface area (Å²) in [5.74, 6) is 1.26. The zero-order valence-electron chi connectivity index (χ0n) is 21.0. The highest BCUT2D eigenvalue weighted by Gasteiger charge is 2.24. The largest absolute Gasteiger partial charge is 0.390 e. The number of aromatic nitrogens is 5. The molecule has 0 spiro atoms. The first-order valence-corrected chi connectivity index (χ1v) is 12.1. The number of carbonyl (C=O) groups excluding carboxylic acids is 1. The second kappa shape index (κ2) is 10.9. The molecular weight excluding hydrogens is 489 g/mol. The van der Waals surface area contributed by atoms with E-state index in [1.807, 2.05) is 17.9 Å². The molecule has 2 aromatic heterocycles. The zero-order valence-corrected chi connectivity index (χ0v) is 21.0. The van der Waals surface area contributed by atoms with Crippen molar-refractivity contribution >= 4 is 29.0 Å². The highest BCUT2D eigenvalue weighted by atomic mass is 19.1. The number of hydrogen-bond donors (Lipinski definition) is 4. The molecular formula is C26H28FN9O2. The number of rotatable bonds is 9. The Morgan fingerprint density at radius 1 is 1.08 bits per heavy atom. The molecule has 1 aliphatic rings. The maximum Gasteiger partial charge on any atom is 0.255 e. The van der Waals surface area contributed by atoms with E-state index in [9.17, 15) is 14.3 Å². The van der Waals surface area contributed by atoms with Gasteiger partial charge in [0.1, 0.15) is 25.1 Å². The molecule has 0 atom stereocenters. The summed E-state index contributed by atoms with van der Waals surface area (Å²) in [6.07, 6.45) is 2.53. The monoisotopic (exact) mass is 517 g/mol. The van der Waals surface area contributed by atoms with Crippen LogP contribution in [0.4, 0.5) is 27.5 Å². The van der Waals surface area contributed by atoms with Gasteiger partial charge in [0, 0.05) is 49.7 Å². The Hall–Kier alpha value is -4.42. The smallest absolute Gasteiger partial charge is 0.255 e. The number of alkyl halides is 1. The highest BCUT2D eigenvalue weighted by Crippen LogP contribution is 2.25. The van der Waals surface area contributed by atoms with Crippen molar-refractivity contribution in [3.63, 3.8) is 0 Å². The normalized spacial score (nSPS) is 13.7. The Labute approximate surface area is 218 Å². The molecule has 0 bridgehead atoms. The van der Waals surface area contributed by atoms with Crippen molar-refractivity contribution in [1.82, 2.24) is 29.6 Å². The quantitative estimate of drug-likeness (QED) is 0.264. The van der Waals surface area contributed by atoms with Crippen LogP contribution in [0, 0.1) is 6.92 Å².